The van der Waals surface area contributed by atoms with Gasteiger partial charge in [-0.05, 0) is 51.1 Å². The van der Waals surface area contributed by atoms with Gasteiger partial charge in [-0.2, -0.15) is 0 Å². The molecule has 0 aromatic heterocycles. The van der Waals surface area contributed by atoms with Crippen LogP contribution in [-0.2, 0) is 4.79 Å². The van der Waals surface area contributed by atoms with Crippen LogP contribution in [0.2, 0.25) is 0 Å². The van der Waals surface area contributed by atoms with Gasteiger partial charge in [0.25, 0.3) is 0 Å². The molecular weight excluding hydrogens is 368 g/mol. The molecule has 0 aromatic carbocycles. The molecule has 0 aliphatic rings. The van der Waals surface area contributed by atoms with Gasteiger partial charge in [-0.1, -0.05) is 98.3 Å². The van der Waals surface area contributed by atoms with Crippen LogP contribution in [0.25, 0.3) is 0 Å². The molecule has 1 unspecified atom stereocenters. The van der Waals surface area contributed by atoms with E-state index in [1.54, 1.807) is 0 Å². The highest BCUT2D eigenvalue weighted by Crippen LogP contribution is 2.19. The lowest BCUT2D eigenvalue weighted by Gasteiger charge is -2.24. The van der Waals surface area contributed by atoms with Crippen molar-refractivity contribution in [3.63, 3.8) is 0 Å². The molecule has 0 heterocycles. The van der Waals surface area contributed by atoms with Crippen LogP contribution in [0.4, 0.5) is 0 Å². The second kappa shape index (κ2) is 23.1. The third-order valence-corrected chi connectivity index (χ3v) is 6.32. The summed E-state index contributed by atoms with van der Waals surface area (Å²) >= 11 is 0. The largest absolute Gasteiger partial charge is 0.343 e. The summed E-state index contributed by atoms with van der Waals surface area (Å²) < 4.78 is 0. The summed E-state index contributed by atoms with van der Waals surface area (Å²) in [6, 6.07) is 0. The second-order valence-corrected chi connectivity index (χ2v) is 9.29. The van der Waals surface area contributed by atoms with Crippen molar-refractivity contribution in [2.45, 2.75) is 137 Å². The zero-order valence-corrected chi connectivity index (χ0v) is 21.3. The fourth-order valence-electron chi connectivity index (χ4n) is 4.26. The monoisotopic (exact) mass is 424 g/mol. The number of carbonyl (C=O) groups is 1. The molecule has 0 saturated heterocycles. The topological polar surface area (TPSA) is 32.3 Å². The molecule has 3 heteroatoms. The first-order chi connectivity index (χ1) is 14.7. The van der Waals surface area contributed by atoms with E-state index in [1.807, 2.05) is 0 Å². The van der Waals surface area contributed by atoms with Gasteiger partial charge < -0.3 is 10.2 Å². The first kappa shape index (κ1) is 29.4. The second-order valence-electron chi connectivity index (χ2n) is 9.29. The maximum Gasteiger partial charge on any atom is 0.222 e. The van der Waals surface area contributed by atoms with Crippen molar-refractivity contribution in [3.8, 4) is 0 Å². The van der Waals surface area contributed by atoms with Gasteiger partial charge in [0.15, 0.2) is 0 Å². The lowest BCUT2D eigenvalue weighted by atomic mass is 9.94. The summed E-state index contributed by atoms with van der Waals surface area (Å²) in [5.41, 5.74) is 0. The Bertz CT molecular complexity index is 347. The van der Waals surface area contributed by atoms with Crippen LogP contribution in [0.15, 0.2) is 0 Å². The van der Waals surface area contributed by atoms with Crippen molar-refractivity contribution in [3.05, 3.63) is 0 Å². The average molecular weight is 425 g/mol. The number of hydrogen-bond donors (Lipinski definition) is 1. The molecule has 1 N–H and O–H groups in total. The molecule has 0 aromatic rings. The van der Waals surface area contributed by atoms with E-state index >= 15 is 0 Å². The van der Waals surface area contributed by atoms with E-state index in [0.29, 0.717) is 11.8 Å². The Labute approximate surface area is 190 Å². The van der Waals surface area contributed by atoms with E-state index in [1.165, 1.54) is 96.3 Å². The lowest BCUT2D eigenvalue weighted by Crippen LogP contribution is -2.33. The van der Waals surface area contributed by atoms with Crippen molar-refractivity contribution in [1.82, 2.24) is 10.2 Å². The van der Waals surface area contributed by atoms with Crippen LogP contribution in [0.3, 0.4) is 0 Å². The molecule has 3 nitrogen and oxygen atoms in total. The molecular formula is C27H56N2O. The minimum atomic E-state index is 0.414. The standard InChI is InChI=1S/C27H56N2O/c1-5-9-12-15-22-28-23-21-26(18-8-4)19-20-27(30)29(24-16-13-10-6-2)25-17-14-11-7-3/h26,28H,5-25H2,1-4H3. The molecule has 1 atom stereocenters. The first-order valence-electron chi connectivity index (χ1n) is 13.7. The van der Waals surface area contributed by atoms with Gasteiger partial charge in [-0.25, -0.2) is 0 Å². The summed E-state index contributed by atoms with van der Waals surface area (Å²) in [7, 11) is 0. The van der Waals surface area contributed by atoms with Crippen molar-refractivity contribution >= 4 is 5.91 Å². The minimum Gasteiger partial charge on any atom is -0.343 e. The van der Waals surface area contributed by atoms with Crippen LogP contribution in [0, 0.1) is 5.92 Å². The Morgan fingerprint density at radius 2 is 1.20 bits per heavy atom. The fourth-order valence-corrected chi connectivity index (χ4v) is 4.26. The number of rotatable bonds is 23. The number of amides is 1. The molecule has 0 spiro atoms. The van der Waals surface area contributed by atoms with Crippen molar-refractivity contribution in [2.75, 3.05) is 26.2 Å². The molecule has 0 fully saturated rings. The zero-order chi connectivity index (χ0) is 22.3. The SMILES string of the molecule is CCCCCCNCCC(CCC)CCC(=O)N(CCCCCC)CCCCCC. The third-order valence-electron chi connectivity index (χ3n) is 6.32. The first-order valence-corrected chi connectivity index (χ1v) is 13.7. The Kier molecular flexibility index (Phi) is 22.7. The van der Waals surface area contributed by atoms with Gasteiger partial charge in [0.1, 0.15) is 0 Å². The normalized spacial score (nSPS) is 12.3. The fraction of sp³-hybridized carbons (Fsp3) is 0.963. The Balaban J connectivity index is 4.28. The summed E-state index contributed by atoms with van der Waals surface area (Å²) in [5, 5.41) is 3.63. The average Bonchev–Trinajstić information content (AvgIpc) is 2.75. The van der Waals surface area contributed by atoms with E-state index < -0.39 is 0 Å². The predicted octanol–water partition coefficient (Wildman–Crippen LogP) is 7.73. The molecule has 0 radical (unpaired) electrons. The highest BCUT2D eigenvalue weighted by atomic mass is 16.2. The van der Waals surface area contributed by atoms with Crippen molar-refractivity contribution in [1.29, 1.82) is 0 Å². The number of hydrogen-bond acceptors (Lipinski definition) is 2. The maximum absolute atomic E-state index is 13.0. The van der Waals surface area contributed by atoms with Crippen molar-refractivity contribution in [2.24, 2.45) is 5.92 Å². The highest BCUT2D eigenvalue weighted by molar-refractivity contribution is 5.76. The molecule has 1 amide bonds. The molecule has 0 aliphatic heterocycles. The summed E-state index contributed by atoms with van der Waals surface area (Å²) in [4.78, 5) is 15.2. The maximum atomic E-state index is 13.0. The number of nitrogens with one attached hydrogen (secondary N) is 1. The van der Waals surface area contributed by atoms with Crippen LogP contribution in [0.1, 0.15) is 137 Å². The Hall–Kier alpha value is -0.570. The van der Waals surface area contributed by atoms with Gasteiger partial charge in [0, 0.05) is 19.5 Å². The van der Waals surface area contributed by atoms with E-state index in [-0.39, 0.29) is 0 Å². The lowest BCUT2D eigenvalue weighted by molar-refractivity contribution is -0.131. The van der Waals surface area contributed by atoms with E-state index in [4.69, 9.17) is 0 Å². The van der Waals surface area contributed by atoms with Gasteiger partial charge >= 0.3 is 0 Å². The van der Waals surface area contributed by atoms with Gasteiger partial charge in [-0.3, -0.25) is 4.79 Å². The third kappa shape index (κ3) is 18.2. The van der Waals surface area contributed by atoms with Gasteiger partial charge in [0.2, 0.25) is 5.91 Å². The van der Waals surface area contributed by atoms with Crippen LogP contribution in [-0.4, -0.2) is 37.0 Å². The number of unbranched alkanes of at least 4 members (excludes halogenated alkanes) is 9. The van der Waals surface area contributed by atoms with E-state index in [2.05, 4.69) is 37.9 Å². The number of nitrogens with zero attached hydrogens (tertiary/aromatic N) is 1. The quantitative estimate of drug-likeness (QED) is 0.170. The highest BCUT2D eigenvalue weighted by Gasteiger charge is 2.16. The zero-order valence-electron chi connectivity index (χ0n) is 21.3. The van der Waals surface area contributed by atoms with Gasteiger partial charge in [0.05, 0.1) is 0 Å². The predicted molar refractivity (Wildman–Crippen MR) is 134 cm³/mol. The molecule has 0 bridgehead atoms. The van der Waals surface area contributed by atoms with E-state index in [9.17, 15) is 4.79 Å². The molecule has 180 valence electrons. The Morgan fingerprint density at radius 3 is 1.73 bits per heavy atom. The van der Waals surface area contributed by atoms with Crippen molar-refractivity contribution < 1.29 is 4.79 Å². The summed E-state index contributed by atoms with van der Waals surface area (Å²) in [6.07, 6.45) is 20.8. The van der Waals surface area contributed by atoms with Crippen LogP contribution in [0.5, 0.6) is 0 Å². The van der Waals surface area contributed by atoms with Gasteiger partial charge in [-0.15, -0.1) is 0 Å². The molecule has 0 aliphatic carbocycles. The molecule has 0 rings (SSSR count). The van der Waals surface area contributed by atoms with Crippen LogP contribution >= 0.6 is 0 Å². The number of carbonyl (C=O) groups excluding carboxylic acids is 1. The Morgan fingerprint density at radius 1 is 0.633 bits per heavy atom. The van der Waals surface area contributed by atoms with E-state index in [0.717, 1.165) is 39.0 Å². The summed E-state index contributed by atoms with van der Waals surface area (Å²) in [5.74, 6) is 1.11. The molecule has 30 heavy (non-hydrogen) atoms. The minimum absolute atomic E-state index is 0.414. The molecule has 0 saturated carbocycles. The van der Waals surface area contributed by atoms with Crippen LogP contribution < -0.4 is 5.32 Å². The summed E-state index contributed by atoms with van der Waals surface area (Å²) in [6.45, 7) is 13.3. The smallest absolute Gasteiger partial charge is 0.222 e.